The molecule has 2 heterocycles. The number of H-pyrrole nitrogens is 1. The van der Waals surface area contributed by atoms with Crippen molar-refractivity contribution < 1.29 is 0 Å². The van der Waals surface area contributed by atoms with Crippen molar-refractivity contribution in [2.24, 2.45) is 0 Å². The maximum atomic E-state index is 5.82. The van der Waals surface area contributed by atoms with Crippen molar-refractivity contribution in [1.29, 1.82) is 0 Å². The molecule has 0 aliphatic heterocycles. The first kappa shape index (κ1) is 9.30. The van der Waals surface area contributed by atoms with Gasteiger partial charge in [0.25, 0.3) is 0 Å². The maximum Gasteiger partial charge on any atom is 0.133 e. The second-order valence-electron chi connectivity index (χ2n) is 3.40. The second kappa shape index (κ2) is 3.57. The van der Waals surface area contributed by atoms with Crippen LogP contribution in [-0.2, 0) is 0 Å². The zero-order chi connectivity index (χ0) is 11.0. The minimum absolute atomic E-state index is 0.442. The van der Waals surface area contributed by atoms with Gasteiger partial charge in [0.2, 0.25) is 0 Å². The molecule has 16 heavy (non-hydrogen) atoms. The lowest BCUT2D eigenvalue weighted by atomic mass is 10.1. The Morgan fingerprint density at radius 2 is 2.06 bits per heavy atom. The summed E-state index contributed by atoms with van der Waals surface area (Å²) in [5.74, 6) is 0. The number of aromatic nitrogens is 4. The molecule has 0 fully saturated rings. The Balaban J connectivity index is 2.18. The van der Waals surface area contributed by atoms with Gasteiger partial charge in [-0.3, -0.25) is 5.10 Å². The summed E-state index contributed by atoms with van der Waals surface area (Å²) in [6.07, 6.45) is 3.23. The number of rotatable bonds is 1. The third kappa shape index (κ3) is 1.53. The number of nitrogens with zero attached hydrogens (tertiary/aromatic N) is 3. The lowest BCUT2D eigenvalue weighted by Gasteiger charge is -2.00. The highest BCUT2D eigenvalue weighted by Crippen LogP contribution is 2.22. The van der Waals surface area contributed by atoms with Gasteiger partial charge in [0, 0.05) is 17.0 Å². The predicted molar refractivity (Wildman–Crippen MR) is 62.1 cm³/mol. The fourth-order valence-electron chi connectivity index (χ4n) is 1.59. The van der Waals surface area contributed by atoms with E-state index in [9.17, 15) is 0 Å². The molecule has 0 spiro atoms. The van der Waals surface area contributed by atoms with E-state index in [1.165, 1.54) is 6.33 Å². The quantitative estimate of drug-likeness (QED) is 0.654. The molecular formula is C11H7ClN4. The van der Waals surface area contributed by atoms with E-state index in [2.05, 4.69) is 20.2 Å². The van der Waals surface area contributed by atoms with Crippen LogP contribution >= 0.6 is 11.6 Å². The van der Waals surface area contributed by atoms with E-state index in [-0.39, 0.29) is 0 Å². The highest BCUT2D eigenvalue weighted by molar-refractivity contribution is 6.29. The molecule has 3 aromatic rings. The molecule has 0 aliphatic rings. The Kier molecular flexibility index (Phi) is 2.08. The lowest BCUT2D eigenvalue weighted by Crippen LogP contribution is -1.85. The number of benzene rings is 1. The number of hydrogen-bond donors (Lipinski definition) is 1. The minimum atomic E-state index is 0.442. The van der Waals surface area contributed by atoms with Gasteiger partial charge in [-0.1, -0.05) is 17.7 Å². The zero-order valence-electron chi connectivity index (χ0n) is 8.18. The van der Waals surface area contributed by atoms with Crippen LogP contribution in [0.25, 0.3) is 22.2 Å². The van der Waals surface area contributed by atoms with Crippen LogP contribution in [0, 0.1) is 0 Å². The molecule has 3 rings (SSSR count). The lowest BCUT2D eigenvalue weighted by molar-refractivity contribution is 1.12. The molecule has 5 heteroatoms. The first-order chi connectivity index (χ1) is 7.83. The second-order valence-corrected chi connectivity index (χ2v) is 3.79. The molecule has 4 nitrogen and oxygen atoms in total. The first-order valence-electron chi connectivity index (χ1n) is 4.74. The number of nitrogens with one attached hydrogen (secondary N) is 1. The van der Waals surface area contributed by atoms with E-state index in [0.29, 0.717) is 5.15 Å². The highest BCUT2D eigenvalue weighted by Gasteiger charge is 2.02. The molecule has 0 radical (unpaired) electrons. The third-order valence-electron chi connectivity index (χ3n) is 2.37. The summed E-state index contributed by atoms with van der Waals surface area (Å²) in [5.41, 5.74) is 2.81. The summed E-state index contributed by atoms with van der Waals surface area (Å²) in [5, 5.41) is 8.36. The molecular weight excluding hydrogens is 224 g/mol. The van der Waals surface area contributed by atoms with Gasteiger partial charge in [0.1, 0.15) is 11.5 Å². The van der Waals surface area contributed by atoms with Crippen molar-refractivity contribution in [3.05, 3.63) is 41.9 Å². The van der Waals surface area contributed by atoms with Crippen molar-refractivity contribution >= 4 is 22.5 Å². The Morgan fingerprint density at radius 1 is 1.12 bits per heavy atom. The summed E-state index contributed by atoms with van der Waals surface area (Å²) >= 11 is 5.82. The smallest absolute Gasteiger partial charge is 0.133 e. The monoisotopic (exact) mass is 230 g/mol. The Morgan fingerprint density at radius 3 is 2.94 bits per heavy atom. The molecule has 1 aromatic carbocycles. The molecule has 78 valence electrons. The number of halogens is 1. The molecule has 0 bridgehead atoms. The Hall–Kier alpha value is -1.94. The van der Waals surface area contributed by atoms with Gasteiger partial charge in [-0.25, -0.2) is 9.97 Å². The summed E-state index contributed by atoms with van der Waals surface area (Å²) in [7, 11) is 0. The zero-order valence-corrected chi connectivity index (χ0v) is 8.94. The topological polar surface area (TPSA) is 54.5 Å². The van der Waals surface area contributed by atoms with Gasteiger partial charge >= 0.3 is 0 Å². The standard InChI is InChI=1S/C11H7ClN4/c12-11-4-10(13-6-14-11)7-1-2-9-8(3-7)5-15-16-9/h1-6H,(H,15,16). The van der Waals surface area contributed by atoms with Gasteiger partial charge in [-0.15, -0.1) is 0 Å². The minimum Gasteiger partial charge on any atom is -0.278 e. The van der Waals surface area contributed by atoms with Crippen molar-refractivity contribution in [2.45, 2.75) is 0 Å². The van der Waals surface area contributed by atoms with E-state index in [1.807, 2.05) is 18.2 Å². The van der Waals surface area contributed by atoms with Crippen LogP contribution < -0.4 is 0 Å². The van der Waals surface area contributed by atoms with Crippen molar-refractivity contribution in [2.75, 3.05) is 0 Å². The average molecular weight is 231 g/mol. The van der Waals surface area contributed by atoms with Gasteiger partial charge in [0.05, 0.1) is 17.4 Å². The van der Waals surface area contributed by atoms with Crippen LogP contribution in [0.5, 0.6) is 0 Å². The van der Waals surface area contributed by atoms with Crippen LogP contribution in [0.15, 0.2) is 36.8 Å². The molecule has 0 amide bonds. The van der Waals surface area contributed by atoms with Gasteiger partial charge < -0.3 is 0 Å². The summed E-state index contributed by atoms with van der Waals surface area (Å²) in [6.45, 7) is 0. The predicted octanol–water partition coefficient (Wildman–Crippen LogP) is 2.67. The number of fused-ring (bicyclic) bond motifs is 1. The van der Waals surface area contributed by atoms with E-state index in [0.717, 1.165) is 22.2 Å². The number of hydrogen-bond acceptors (Lipinski definition) is 3. The van der Waals surface area contributed by atoms with Crippen LogP contribution in [0.3, 0.4) is 0 Å². The fourth-order valence-corrected chi connectivity index (χ4v) is 1.74. The van der Waals surface area contributed by atoms with Crippen LogP contribution in [0.2, 0.25) is 5.15 Å². The van der Waals surface area contributed by atoms with Crippen LogP contribution in [0.1, 0.15) is 0 Å². The van der Waals surface area contributed by atoms with Gasteiger partial charge in [0.15, 0.2) is 0 Å². The normalized spacial score (nSPS) is 10.8. The van der Waals surface area contributed by atoms with Crippen molar-refractivity contribution in [1.82, 2.24) is 20.2 Å². The third-order valence-corrected chi connectivity index (χ3v) is 2.58. The maximum absolute atomic E-state index is 5.82. The number of aromatic amines is 1. The molecule has 1 N–H and O–H groups in total. The Bertz CT molecular complexity index is 647. The van der Waals surface area contributed by atoms with Gasteiger partial charge in [-0.05, 0) is 12.1 Å². The largest absolute Gasteiger partial charge is 0.278 e. The molecule has 0 atom stereocenters. The molecule has 0 saturated heterocycles. The van der Waals surface area contributed by atoms with Crippen LogP contribution in [-0.4, -0.2) is 20.2 Å². The van der Waals surface area contributed by atoms with E-state index in [1.54, 1.807) is 12.3 Å². The molecule has 0 saturated carbocycles. The van der Waals surface area contributed by atoms with E-state index < -0.39 is 0 Å². The van der Waals surface area contributed by atoms with E-state index >= 15 is 0 Å². The van der Waals surface area contributed by atoms with Crippen molar-refractivity contribution in [3.63, 3.8) is 0 Å². The van der Waals surface area contributed by atoms with Gasteiger partial charge in [-0.2, -0.15) is 5.10 Å². The summed E-state index contributed by atoms with van der Waals surface area (Å²) in [6, 6.07) is 7.69. The molecule has 2 aromatic heterocycles. The highest BCUT2D eigenvalue weighted by atomic mass is 35.5. The summed E-state index contributed by atoms with van der Waals surface area (Å²) < 4.78 is 0. The fraction of sp³-hybridized carbons (Fsp3) is 0. The summed E-state index contributed by atoms with van der Waals surface area (Å²) in [4.78, 5) is 8.03. The Labute approximate surface area is 96.3 Å². The van der Waals surface area contributed by atoms with Crippen LogP contribution in [0.4, 0.5) is 0 Å². The molecule has 0 aliphatic carbocycles. The van der Waals surface area contributed by atoms with E-state index in [4.69, 9.17) is 11.6 Å². The molecule has 0 unspecified atom stereocenters. The SMILES string of the molecule is Clc1cc(-c2ccc3[nH]ncc3c2)ncn1. The average Bonchev–Trinajstić information content (AvgIpc) is 2.75. The first-order valence-corrected chi connectivity index (χ1v) is 5.12. The van der Waals surface area contributed by atoms with Crippen molar-refractivity contribution in [3.8, 4) is 11.3 Å².